The van der Waals surface area contributed by atoms with Gasteiger partial charge in [0, 0.05) is 16.3 Å². The lowest BCUT2D eigenvalue weighted by Gasteiger charge is -2.07. The van der Waals surface area contributed by atoms with Crippen molar-refractivity contribution in [2.45, 2.75) is 30.0 Å². The smallest absolute Gasteiger partial charge is 0.0593 e. The molecule has 1 aliphatic rings. The number of fused-ring (bicyclic) bond motifs is 1. The molecule has 2 aromatic rings. The van der Waals surface area contributed by atoms with Crippen LogP contribution < -0.4 is 0 Å². The van der Waals surface area contributed by atoms with Gasteiger partial charge in [-0.2, -0.15) is 5.10 Å². The molecule has 0 amide bonds. The van der Waals surface area contributed by atoms with E-state index in [1.807, 2.05) is 18.7 Å². The molecule has 0 N–H and O–H groups in total. The lowest BCUT2D eigenvalue weighted by molar-refractivity contribution is 0.591. The summed E-state index contributed by atoms with van der Waals surface area (Å²) in [6.07, 6.45) is 3.23. The van der Waals surface area contributed by atoms with Gasteiger partial charge in [0.15, 0.2) is 0 Å². The van der Waals surface area contributed by atoms with Gasteiger partial charge in [-0.05, 0) is 31.0 Å². The summed E-state index contributed by atoms with van der Waals surface area (Å²) in [5, 5.41) is 5.08. The van der Waals surface area contributed by atoms with Crippen LogP contribution in [0.1, 0.15) is 11.3 Å². The van der Waals surface area contributed by atoms with E-state index in [0.29, 0.717) is 5.25 Å². The zero-order chi connectivity index (χ0) is 11.0. The molecule has 0 aliphatic carbocycles. The Balaban J connectivity index is 1.72. The van der Waals surface area contributed by atoms with Crippen LogP contribution in [0.2, 0.25) is 0 Å². The first kappa shape index (κ1) is 9.97. The van der Waals surface area contributed by atoms with Gasteiger partial charge in [0.25, 0.3) is 0 Å². The number of aromatic nitrogens is 2. The van der Waals surface area contributed by atoms with E-state index in [1.165, 1.54) is 16.9 Å². The fraction of sp³-hybridized carbons (Fsp3) is 0.308. The van der Waals surface area contributed by atoms with Gasteiger partial charge in [-0.15, -0.1) is 11.8 Å². The van der Waals surface area contributed by atoms with Crippen LogP contribution in [0, 0.1) is 6.92 Å². The highest BCUT2D eigenvalue weighted by molar-refractivity contribution is 8.00. The summed E-state index contributed by atoms with van der Waals surface area (Å²) >= 11 is 1.98. The summed E-state index contributed by atoms with van der Waals surface area (Å²) in [4.78, 5) is 1.44. The van der Waals surface area contributed by atoms with Crippen LogP contribution in [0.15, 0.2) is 41.4 Å². The quantitative estimate of drug-likeness (QED) is 0.789. The van der Waals surface area contributed by atoms with Crippen LogP contribution in [0.4, 0.5) is 0 Å². The maximum Gasteiger partial charge on any atom is 0.0593 e. The van der Waals surface area contributed by atoms with Crippen LogP contribution in [0.5, 0.6) is 0 Å². The third kappa shape index (κ3) is 1.87. The zero-order valence-corrected chi connectivity index (χ0v) is 10.1. The Morgan fingerprint density at radius 3 is 3.00 bits per heavy atom. The van der Waals surface area contributed by atoms with E-state index in [4.69, 9.17) is 0 Å². The van der Waals surface area contributed by atoms with Crippen molar-refractivity contribution in [3.63, 3.8) is 0 Å². The molecule has 0 saturated carbocycles. The molecule has 0 saturated heterocycles. The summed E-state index contributed by atoms with van der Waals surface area (Å²) in [5.74, 6) is 0. The van der Waals surface area contributed by atoms with Crippen molar-refractivity contribution in [2.24, 2.45) is 0 Å². The van der Waals surface area contributed by atoms with E-state index in [-0.39, 0.29) is 0 Å². The van der Waals surface area contributed by atoms with Gasteiger partial charge >= 0.3 is 0 Å². The van der Waals surface area contributed by atoms with Crippen molar-refractivity contribution in [1.82, 2.24) is 9.78 Å². The van der Waals surface area contributed by atoms with Gasteiger partial charge in [0.05, 0.1) is 12.2 Å². The molecule has 0 fully saturated rings. The second kappa shape index (κ2) is 3.98. The normalized spacial score (nSPS) is 18.7. The topological polar surface area (TPSA) is 17.8 Å². The van der Waals surface area contributed by atoms with Gasteiger partial charge in [-0.25, -0.2) is 0 Å². The SMILES string of the molecule is Cc1ccn(CC2Cc3ccccc3S2)n1. The highest BCUT2D eigenvalue weighted by Crippen LogP contribution is 2.37. The average molecular weight is 230 g/mol. The van der Waals surface area contributed by atoms with E-state index in [1.54, 1.807) is 0 Å². The van der Waals surface area contributed by atoms with Gasteiger partial charge in [0.1, 0.15) is 0 Å². The summed E-state index contributed by atoms with van der Waals surface area (Å²) in [5.41, 5.74) is 2.59. The molecular formula is C13H14N2S. The standard InChI is InChI=1S/C13H14N2S/c1-10-6-7-15(14-10)9-12-8-11-4-2-3-5-13(11)16-12/h2-7,12H,8-9H2,1H3. The minimum atomic E-state index is 0.636. The van der Waals surface area contributed by atoms with E-state index in [9.17, 15) is 0 Å². The Bertz CT molecular complexity index is 479. The molecule has 2 nitrogen and oxygen atoms in total. The molecule has 0 spiro atoms. The molecule has 3 heteroatoms. The Hall–Kier alpha value is -1.22. The fourth-order valence-corrected chi connectivity index (χ4v) is 3.44. The van der Waals surface area contributed by atoms with Gasteiger partial charge in [0.2, 0.25) is 0 Å². The van der Waals surface area contributed by atoms with Crippen molar-refractivity contribution in [2.75, 3.05) is 0 Å². The number of aryl methyl sites for hydroxylation is 1. The minimum Gasteiger partial charge on any atom is -0.271 e. The molecule has 1 unspecified atom stereocenters. The summed E-state index contributed by atoms with van der Waals surface area (Å²) in [6, 6.07) is 10.8. The van der Waals surface area contributed by atoms with Crippen LogP contribution in [0.25, 0.3) is 0 Å². The van der Waals surface area contributed by atoms with E-state index < -0.39 is 0 Å². The van der Waals surface area contributed by atoms with Crippen molar-refractivity contribution in [1.29, 1.82) is 0 Å². The number of rotatable bonds is 2. The van der Waals surface area contributed by atoms with Gasteiger partial charge in [-0.3, -0.25) is 4.68 Å². The monoisotopic (exact) mass is 230 g/mol. The largest absolute Gasteiger partial charge is 0.271 e. The Morgan fingerprint density at radius 1 is 1.38 bits per heavy atom. The number of hydrogen-bond donors (Lipinski definition) is 0. The molecule has 1 aromatic heterocycles. The lowest BCUT2D eigenvalue weighted by atomic mass is 10.1. The molecular weight excluding hydrogens is 216 g/mol. The summed E-state index contributed by atoms with van der Waals surface area (Å²) in [7, 11) is 0. The van der Waals surface area contributed by atoms with Crippen LogP contribution in [-0.4, -0.2) is 15.0 Å². The zero-order valence-electron chi connectivity index (χ0n) is 9.26. The third-order valence-corrected chi connectivity index (χ3v) is 4.18. The molecule has 0 bridgehead atoms. The third-order valence-electron chi connectivity index (χ3n) is 2.88. The minimum absolute atomic E-state index is 0.636. The van der Waals surface area contributed by atoms with Crippen molar-refractivity contribution in [3.05, 3.63) is 47.8 Å². The van der Waals surface area contributed by atoms with Crippen LogP contribution in [0.3, 0.4) is 0 Å². The highest BCUT2D eigenvalue weighted by Gasteiger charge is 2.22. The van der Waals surface area contributed by atoms with Crippen molar-refractivity contribution in [3.8, 4) is 0 Å². The predicted octanol–water partition coefficient (Wildman–Crippen LogP) is 2.91. The fourth-order valence-electron chi connectivity index (χ4n) is 2.13. The average Bonchev–Trinajstić information content (AvgIpc) is 2.84. The summed E-state index contributed by atoms with van der Waals surface area (Å²) in [6.45, 7) is 3.04. The predicted molar refractivity (Wildman–Crippen MR) is 66.8 cm³/mol. The molecule has 16 heavy (non-hydrogen) atoms. The highest BCUT2D eigenvalue weighted by atomic mass is 32.2. The second-order valence-corrected chi connectivity index (χ2v) is 5.57. The number of hydrogen-bond acceptors (Lipinski definition) is 2. The van der Waals surface area contributed by atoms with Crippen LogP contribution >= 0.6 is 11.8 Å². The molecule has 82 valence electrons. The maximum atomic E-state index is 4.44. The molecule has 3 rings (SSSR count). The maximum absolute atomic E-state index is 4.44. The molecule has 1 aromatic carbocycles. The second-order valence-electron chi connectivity index (χ2n) is 4.23. The van der Waals surface area contributed by atoms with E-state index in [0.717, 1.165) is 12.2 Å². The Labute approximate surface area is 99.7 Å². The van der Waals surface area contributed by atoms with E-state index in [2.05, 4.69) is 46.3 Å². The number of thioether (sulfide) groups is 1. The number of nitrogens with zero attached hydrogens (tertiary/aromatic N) is 2. The Kier molecular flexibility index (Phi) is 2.48. The van der Waals surface area contributed by atoms with E-state index >= 15 is 0 Å². The Morgan fingerprint density at radius 2 is 2.25 bits per heavy atom. The first-order valence-electron chi connectivity index (χ1n) is 5.56. The first-order chi connectivity index (χ1) is 7.81. The summed E-state index contributed by atoms with van der Waals surface area (Å²) < 4.78 is 2.05. The first-order valence-corrected chi connectivity index (χ1v) is 6.44. The number of benzene rings is 1. The van der Waals surface area contributed by atoms with Crippen molar-refractivity contribution < 1.29 is 0 Å². The lowest BCUT2D eigenvalue weighted by Crippen LogP contribution is -2.12. The molecule has 0 radical (unpaired) electrons. The molecule has 1 atom stereocenters. The van der Waals surface area contributed by atoms with Gasteiger partial charge < -0.3 is 0 Å². The molecule has 1 aliphatic heterocycles. The van der Waals surface area contributed by atoms with Gasteiger partial charge in [-0.1, -0.05) is 18.2 Å². The molecule has 2 heterocycles. The van der Waals surface area contributed by atoms with Crippen molar-refractivity contribution >= 4 is 11.8 Å². The van der Waals surface area contributed by atoms with Crippen LogP contribution in [-0.2, 0) is 13.0 Å².